The Morgan fingerprint density at radius 1 is 0.520 bits per heavy atom. The van der Waals surface area contributed by atoms with Crippen LogP contribution in [0.4, 0.5) is 52.7 Å². The summed E-state index contributed by atoms with van der Waals surface area (Å²) in [7, 11) is 0. The van der Waals surface area contributed by atoms with E-state index in [0.717, 1.165) is 0 Å². The lowest BCUT2D eigenvalue weighted by molar-refractivity contribution is -0.481. The van der Waals surface area contributed by atoms with Gasteiger partial charge in [0.25, 0.3) is 0 Å². The number of hydrogen-bond donors (Lipinski definition) is 2. The molecule has 0 saturated heterocycles. The van der Waals surface area contributed by atoms with Gasteiger partial charge in [-0.25, -0.2) is 0 Å². The summed E-state index contributed by atoms with van der Waals surface area (Å²) in [4.78, 5) is 0. The van der Waals surface area contributed by atoms with Crippen LogP contribution in [0.1, 0.15) is 13.8 Å². The molecule has 0 aromatic carbocycles. The molecule has 0 aromatic heterocycles. The zero-order valence-electron chi connectivity index (χ0n) is 12.1. The molecule has 0 amide bonds. The summed E-state index contributed by atoms with van der Waals surface area (Å²) >= 11 is 0. The molecule has 1 aliphatic rings. The Morgan fingerprint density at radius 3 is 0.840 bits per heavy atom. The van der Waals surface area contributed by atoms with E-state index in [1.54, 1.807) is 0 Å². The zero-order chi connectivity index (χ0) is 20.7. The van der Waals surface area contributed by atoms with Crippen LogP contribution in [0.5, 0.6) is 0 Å². The van der Waals surface area contributed by atoms with Crippen molar-refractivity contribution in [2.45, 2.75) is 49.8 Å². The first-order valence-corrected chi connectivity index (χ1v) is 6.28. The fourth-order valence-corrected chi connectivity index (χ4v) is 3.66. The molecule has 1 rings (SSSR count). The smallest absolute Gasteiger partial charge is 0.379 e. The van der Waals surface area contributed by atoms with Crippen LogP contribution in [0.3, 0.4) is 0 Å². The molecule has 0 heterocycles. The van der Waals surface area contributed by atoms with Crippen molar-refractivity contribution in [3.8, 4) is 0 Å². The zero-order valence-corrected chi connectivity index (χ0v) is 12.1. The fraction of sp³-hybridized carbons (Fsp3) is 1.00. The molecule has 4 unspecified atom stereocenters. The highest BCUT2D eigenvalue weighted by atomic mass is 19.4. The van der Waals surface area contributed by atoms with Gasteiger partial charge in [0.15, 0.2) is 11.2 Å². The molecule has 1 fully saturated rings. The molecule has 0 aromatic rings. The molecule has 4 atom stereocenters. The summed E-state index contributed by atoms with van der Waals surface area (Å²) in [6, 6.07) is 0. The Bertz CT molecular complexity index is 481. The SMILES string of the molecule is CC1C(C)C(O)(C(F)(F)F)C(C(F)(F)F)(C(F)(F)F)C1(O)C(F)(F)F. The molecule has 0 aliphatic heterocycles. The quantitative estimate of drug-likeness (QED) is 0.603. The van der Waals surface area contributed by atoms with Gasteiger partial charge in [-0.15, -0.1) is 0 Å². The molecular weight excluding hydrogens is 392 g/mol. The van der Waals surface area contributed by atoms with E-state index < -0.39 is 53.2 Å². The Kier molecular flexibility index (Phi) is 4.49. The average Bonchev–Trinajstić information content (AvgIpc) is 2.44. The molecule has 1 aliphatic carbocycles. The van der Waals surface area contributed by atoms with Crippen molar-refractivity contribution in [1.29, 1.82) is 0 Å². The molecule has 14 heteroatoms. The van der Waals surface area contributed by atoms with E-state index in [2.05, 4.69) is 0 Å². The Balaban J connectivity index is 4.28. The van der Waals surface area contributed by atoms with Gasteiger partial charge in [0.1, 0.15) is 0 Å². The van der Waals surface area contributed by atoms with Gasteiger partial charge in [-0.2, -0.15) is 52.7 Å². The van der Waals surface area contributed by atoms with Gasteiger partial charge in [-0.05, 0) is 0 Å². The van der Waals surface area contributed by atoms with Crippen LogP contribution < -0.4 is 0 Å². The van der Waals surface area contributed by atoms with Crippen LogP contribution in [0.15, 0.2) is 0 Å². The molecule has 0 spiro atoms. The standard InChI is InChI=1S/C11H10F12O2/c1-3-4(2)6(25,9(15,16)17)7(10(18,19)20,11(21,22)23)5(3,24)8(12,13)14/h3-4,24-25H,1-2H3. The highest BCUT2D eigenvalue weighted by molar-refractivity contribution is 5.30. The second-order valence-electron chi connectivity index (χ2n) is 5.85. The summed E-state index contributed by atoms with van der Waals surface area (Å²) in [6.07, 6.45) is -28.3. The number of aliphatic hydroxyl groups is 2. The molecule has 0 radical (unpaired) electrons. The Morgan fingerprint density at radius 2 is 0.720 bits per heavy atom. The number of alkyl halides is 12. The van der Waals surface area contributed by atoms with Crippen molar-refractivity contribution >= 4 is 0 Å². The summed E-state index contributed by atoms with van der Waals surface area (Å²) in [5.74, 6) is -6.61. The maximum Gasteiger partial charge on any atom is 0.418 e. The molecule has 25 heavy (non-hydrogen) atoms. The van der Waals surface area contributed by atoms with Crippen molar-refractivity contribution in [3.63, 3.8) is 0 Å². The maximum absolute atomic E-state index is 13.3. The minimum absolute atomic E-state index is 0.0753. The van der Waals surface area contributed by atoms with E-state index >= 15 is 0 Å². The minimum atomic E-state index is -7.36. The van der Waals surface area contributed by atoms with E-state index in [1.807, 2.05) is 0 Å². The number of hydrogen-bond acceptors (Lipinski definition) is 2. The van der Waals surface area contributed by atoms with Gasteiger partial charge in [-0.3, -0.25) is 0 Å². The second kappa shape index (κ2) is 5.08. The van der Waals surface area contributed by atoms with E-state index in [0.29, 0.717) is 0 Å². The fourth-order valence-electron chi connectivity index (χ4n) is 3.66. The van der Waals surface area contributed by atoms with Gasteiger partial charge < -0.3 is 10.2 Å². The highest BCUT2D eigenvalue weighted by Crippen LogP contribution is 2.76. The lowest BCUT2D eigenvalue weighted by Crippen LogP contribution is -2.78. The van der Waals surface area contributed by atoms with Crippen molar-refractivity contribution < 1.29 is 62.9 Å². The predicted molar refractivity (Wildman–Crippen MR) is 54.9 cm³/mol. The van der Waals surface area contributed by atoms with E-state index in [1.165, 1.54) is 0 Å². The van der Waals surface area contributed by atoms with Crippen LogP contribution in [-0.2, 0) is 0 Å². The van der Waals surface area contributed by atoms with E-state index in [-0.39, 0.29) is 13.8 Å². The van der Waals surface area contributed by atoms with E-state index in [9.17, 15) is 62.9 Å². The molecule has 2 N–H and O–H groups in total. The predicted octanol–water partition coefficient (Wildman–Crippen LogP) is 3.97. The van der Waals surface area contributed by atoms with Crippen LogP contribution in [-0.4, -0.2) is 46.1 Å². The lowest BCUT2D eigenvalue weighted by atomic mass is 9.63. The lowest BCUT2D eigenvalue weighted by Gasteiger charge is -2.51. The van der Waals surface area contributed by atoms with Gasteiger partial charge >= 0.3 is 24.7 Å². The first-order valence-electron chi connectivity index (χ1n) is 6.28. The average molecular weight is 402 g/mol. The van der Waals surface area contributed by atoms with Crippen molar-refractivity contribution in [2.75, 3.05) is 0 Å². The molecule has 1 saturated carbocycles. The molecule has 150 valence electrons. The molecule has 2 nitrogen and oxygen atoms in total. The molecular formula is C11H10F12O2. The summed E-state index contributed by atoms with van der Waals surface area (Å²) < 4.78 is 158. The van der Waals surface area contributed by atoms with Gasteiger partial charge in [0.2, 0.25) is 5.41 Å². The number of rotatable bonds is 0. The van der Waals surface area contributed by atoms with Crippen LogP contribution in [0.25, 0.3) is 0 Å². The second-order valence-corrected chi connectivity index (χ2v) is 5.85. The Labute approximate surface area is 131 Å². The Hall–Kier alpha value is -0.920. The summed E-state index contributed by atoms with van der Waals surface area (Å²) in [5.41, 5.74) is -18.9. The van der Waals surface area contributed by atoms with Crippen LogP contribution in [0.2, 0.25) is 0 Å². The maximum atomic E-state index is 13.3. The van der Waals surface area contributed by atoms with Crippen LogP contribution in [0, 0.1) is 17.3 Å². The first kappa shape index (κ1) is 22.1. The van der Waals surface area contributed by atoms with Gasteiger partial charge in [-0.1, -0.05) is 13.8 Å². The summed E-state index contributed by atoms with van der Waals surface area (Å²) in [6.45, 7) is -0.151. The molecule has 0 bridgehead atoms. The first-order chi connectivity index (χ1) is 10.6. The normalized spacial score (nSPS) is 37.4. The monoisotopic (exact) mass is 402 g/mol. The van der Waals surface area contributed by atoms with Gasteiger partial charge in [0.05, 0.1) is 0 Å². The van der Waals surface area contributed by atoms with Crippen molar-refractivity contribution in [1.82, 2.24) is 0 Å². The number of halogens is 12. The minimum Gasteiger partial charge on any atom is -0.379 e. The highest BCUT2D eigenvalue weighted by Gasteiger charge is 3.01. The van der Waals surface area contributed by atoms with Crippen LogP contribution >= 0.6 is 0 Å². The third kappa shape index (κ3) is 2.15. The third-order valence-electron chi connectivity index (χ3n) is 4.93. The summed E-state index contributed by atoms with van der Waals surface area (Å²) in [5, 5.41) is 19.0. The van der Waals surface area contributed by atoms with E-state index in [4.69, 9.17) is 0 Å². The van der Waals surface area contributed by atoms with Gasteiger partial charge in [0, 0.05) is 11.8 Å². The largest absolute Gasteiger partial charge is 0.418 e. The third-order valence-corrected chi connectivity index (χ3v) is 4.93. The topological polar surface area (TPSA) is 40.5 Å². The van der Waals surface area contributed by atoms with Crippen molar-refractivity contribution in [3.05, 3.63) is 0 Å². The van der Waals surface area contributed by atoms with Crippen molar-refractivity contribution in [2.24, 2.45) is 17.3 Å².